The Balaban J connectivity index is 1.32. The van der Waals surface area contributed by atoms with E-state index in [4.69, 9.17) is 9.47 Å². The number of fused-ring (bicyclic) bond motifs is 5. The molecule has 184 valence electrons. The number of phenols is 1. The molecule has 34 heavy (non-hydrogen) atoms. The van der Waals surface area contributed by atoms with E-state index >= 15 is 0 Å². The molecular formula is C29H38FNO3. The molecular weight excluding hydrogens is 429 g/mol. The summed E-state index contributed by atoms with van der Waals surface area (Å²) in [5.74, 6) is 1.20. The van der Waals surface area contributed by atoms with Crippen molar-refractivity contribution in [1.82, 2.24) is 0 Å². The predicted octanol–water partition coefficient (Wildman–Crippen LogP) is 6.30. The Hall–Kier alpha value is -1.64. The molecule has 3 aliphatic carbocycles. The molecule has 2 saturated carbocycles. The first-order chi connectivity index (χ1) is 16.4. The van der Waals surface area contributed by atoms with Gasteiger partial charge in [-0.3, -0.25) is 0 Å². The molecule has 8 atom stereocenters. The average Bonchev–Trinajstić information content (AvgIpc) is 3.21. The van der Waals surface area contributed by atoms with Crippen LogP contribution in [-0.2, 0) is 21.3 Å². The van der Waals surface area contributed by atoms with E-state index in [0.717, 1.165) is 81.9 Å². The molecule has 6 rings (SSSR count). The lowest BCUT2D eigenvalue weighted by molar-refractivity contribution is -0.0719. The normalized spacial score (nSPS) is 43.9. The van der Waals surface area contributed by atoms with Gasteiger partial charge in [0.1, 0.15) is 11.9 Å². The van der Waals surface area contributed by atoms with Crippen molar-refractivity contribution < 1.29 is 19.0 Å². The number of hydrogen-bond donors (Lipinski definition) is 1. The Bertz CT molecular complexity index is 984. The maximum atomic E-state index is 14.8. The van der Waals surface area contributed by atoms with Crippen LogP contribution in [-0.4, -0.2) is 30.6 Å². The molecule has 0 bridgehead atoms. The summed E-state index contributed by atoms with van der Waals surface area (Å²) < 4.78 is 26.7. The minimum Gasteiger partial charge on any atom is -0.508 e. The first-order valence-corrected chi connectivity index (χ1v) is 13.6. The van der Waals surface area contributed by atoms with Crippen LogP contribution in [0.1, 0.15) is 93.9 Å². The van der Waals surface area contributed by atoms with E-state index in [2.05, 4.69) is 19.1 Å². The van der Waals surface area contributed by atoms with Crippen molar-refractivity contribution in [3.8, 4) is 11.8 Å². The van der Waals surface area contributed by atoms with Crippen molar-refractivity contribution in [2.45, 2.75) is 101 Å². The summed E-state index contributed by atoms with van der Waals surface area (Å²) in [7, 11) is 0. The van der Waals surface area contributed by atoms with Crippen LogP contribution in [0.2, 0.25) is 0 Å². The van der Waals surface area contributed by atoms with Crippen LogP contribution in [0, 0.1) is 34.5 Å². The fourth-order valence-corrected chi connectivity index (χ4v) is 8.65. The van der Waals surface area contributed by atoms with Gasteiger partial charge in [-0.25, -0.2) is 4.39 Å². The summed E-state index contributed by atoms with van der Waals surface area (Å²) in [4.78, 5) is 0. The largest absolute Gasteiger partial charge is 0.508 e. The Morgan fingerprint density at radius 1 is 1.06 bits per heavy atom. The van der Waals surface area contributed by atoms with Gasteiger partial charge in [-0.05, 0) is 117 Å². The van der Waals surface area contributed by atoms with Gasteiger partial charge in [0.2, 0.25) is 0 Å². The number of benzene rings is 1. The van der Waals surface area contributed by atoms with Gasteiger partial charge in [0.15, 0.2) is 0 Å². The molecule has 0 amide bonds. The fourth-order valence-electron chi connectivity index (χ4n) is 8.65. The Morgan fingerprint density at radius 3 is 2.68 bits per heavy atom. The zero-order chi connectivity index (χ0) is 23.5. The van der Waals surface area contributed by atoms with Crippen molar-refractivity contribution in [2.24, 2.45) is 23.2 Å². The first-order valence-electron chi connectivity index (χ1n) is 13.6. The topological polar surface area (TPSA) is 62.5 Å². The highest BCUT2D eigenvalue weighted by Crippen LogP contribution is 2.65. The number of hydrogen-bond acceptors (Lipinski definition) is 4. The third-order valence-electron chi connectivity index (χ3n) is 10.3. The van der Waals surface area contributed by atoms with Crippen LogP contribution in [0.4, 0.5) is 4.39 Å². The number of ether oxygens (including phenoxy) is 2. The highest BCUT2D eigenvalue weighted by Gasteiger charge is 2.61. The quantitative estimate of drug-likeness (QED) is 0.554. The van der Waals surface area contributed by atoms with Gasteiger partial charge in [0, 0.05) is 18.8 Å². The number of halogens is 1. The summed E-state index contributed by atoms with van der Waals surface area (Å²) in [5.41, 5.74) is 2.75. The maximum Gasteiger partial charge on any atom is 0.127 e. The third-order valence-corrected chi connectivity index (χ3v) is 10.3. The molecule has 1 aromatic carbocycles. The van der Waals surface area contributed by atoms with Crippen LogP contribution >= 0.6 is 0 Å². The summed E-state index contributed by atoms with van der Waals surface area (Å²) in [6.07, 6.45) is 9.13. The monoisotopic (exact) mass is 467 g/mol. The van der Waals surface area contributed by atoms with Gasteiger partial charge in [-0.1, -0.05) is 6.92 Å². The molecule has 5 heteroatoms. The highest BCUT2D eigenvalue weighted by molar-refractivity contribution is 5.51. The van der Waals surface area contributed by atoms with Crippen molar-refractivity contribution in [3.63, 3.8) is 0 Å². The lowest BCUT2D eigenvalue weighted by Crippen LogP contribution is -2.50. The van der Waals surface area contributed by atoms with Crippen molar-refractivity contribution >= 4 is 0 Å². The van der Waals surface area contributed by atoms with Crippen LogP contribution < -0.4 is 0 Å². The van der Waals surface area contributed by atoms with Gasteiger partial charge in [-0.15, -0.1) is 0 Å². The molecule has 2 aliphatic heterocycles. The molecule has 1 N–H and O–H groups in total. The van der Waals surface area contributed by atoms with Crippen molar-refractivity contribution in [3.05, 3.63) is 28.8 Å². The molecule has 4 nitrogen and oxygen atoms in total. The van der Waals surface area contributed by atoms with Crippen molar-refractivity contribution in [1.29, 1.82) is 5.26 Å². The fraction of sp³-hybridized carbons (Fsp3) is 0.759. The van der Waals surface area contributed by atoms with E-state index in [1.165, 1.54) is 5.56 Å². The van der Waals surface area contributed by atoms with Crippen molar-refractivity contribution in [2.75, 3.05) is 13.2 Å². The van der Waals surface area contributed by atoms with E-state index in [-0.39, 0.29) is 35.2 Å². The molecule has 0 spiro atoms. The van der Waals surface area contributed by atoms with Gasteiger partial charge in [0.25, 0.3) is 0 Å². The summed E-state index contributed by atoms with van der Waals surface area (Å²) in [6.45, 7) is 3.80. The van der Waals surface area contributed by atoms with Crippen LogP contribution in [0.5, 0.6) is 5.75 Å². The van der Waals surface area contributed by atoms with E-state index in [1.807, 2.05) is 6.07 Å². The summed E-state index contributed by atoms with van der Waals surface area (Å²) in [6, 6.07) is 6.84. The number of aromatic hydroxyl groups is 1. The Kier molecular flexibility index (Phi) is 5.69. The number of alkyl halides is 1. The van der Waals surface area contributed by atoms with Crippen LogP contribution in [0.3, 0.4) is 0 Å². The molecule has 0 radical (unpaired) electrons. The Morgan fingerprint density at radius 2 is 1.91 bits per heavy atom. The number of nitrogens with zero attached hydrogens (tertiary/aromatic N) is 1. The van der Waals surface area contributed by atoms with E-state index in [0.29, 0.717) is 18.9 Å². The summed E-state index contributed by atoms with van der Waals surface area (Å²) in [5, 5.41) is 21.7. The van der Waals surface area contributed by atoms with E-state index in [1.54, 1.807) is 0 Å². The average molecular weight is 468 g/mol. The number of aryl methyl sites for hydroxylation is 1. The lowest BCUT2D eigenvalue weighted by atomic mass is 9.49. The SMILES string of the molecule is C[C@]12CCC3(C#N)c4cc(O)c(C5CCCCO5)cc4CC[C@H]3[C@@H]1C[C@H](C1OCCCC1F)C2. The van der Waals surface area contributed by atoms with Crippen LogP contribution in [0.15, 0.2) is 12.1 Å². The second-order valence-electron chi connectivity index (χ2n) is 12.1. The molecule has 1 aromatic rings. The maximum absolute atomic E-state index is 14.8. The second kappa shape index (κ2) is 8.49. The smallest absolute Gasteiger partial charge is 0.127 e. The van der Waals surface area contributed by atoms with Gasteiger partial charge >= 0.3 is 0 Å². The van der Waals surface area contributed by atoms with E-state index < -0.39 is 11.6 Å². The van der Waals surface area contributed by atoms with Crippen LogP contribution in [0.25, 0.3) is 0 Å². The molecule has 4 fully saturated rings. The standard InChI is InChI=1S/C29H38FNO3/c1-28-9-10-29(17-31)21(23(28)14-19(16-28)27-24(30)5-4-12-34-27)8-7-18-13-20(25(32)15-22(18)29)26-6-2-3-11-33-26/h13,15,19,21,23-24,26-27,32H,2-12,14,16H2,1H3/t19-,21-,23-,24?,26?,27?,28+,29?/m0/s1. The van der Waals surface area contributed by atoms with Gasteiger partial charge in [0.05, 0.1) is 23.7 Å². The number of nitriles is 1. The third kappa shape index (κ3) is 3.43. The minimum atomic E-state index is -0.854. The second-order valence-corrected chi connectivity index (χ2v) is 12.1. The predicted molar refractivity (Wildman–Crippen MR) is 127 cm³/mol. The molecule has 4 unspecified atom stereocenters. The first kappa shape index (κ1) is 22.8. The van der Waals surface area contributed by atoms with Gasteiger partial charge in [-0.2, -0.15) is 5.26 Å². The molecule has 0 aromatic heterocycles. The highest BCUT2D eigenvalue weighted by atomic mass is 19.1. The van der Waals surface area contributed by atoms with Gasteiger partial charge < -0.3 is 14.6 Å². The molecule has 2 heterocycles. The minimum absolute atomic E-state index is 0.0378. The zero-order valence-electron chi connectivity index (χ0n) is 20.4. The lowest BCUT2D eigenvalue weighted by Gasteiger charge is -2.53. The molecule has 5 aliphatic rings. The summed E-state index contributed by atoms with van der Waals surface area (Å²) >= 11 is 0. The number of phenolic OH excluding ortho intramolecular Hbond substituents is 1. The molecule has 2 saturated heterocycles. The Labute approximate surface area is 202 Å². The number of rotatable bonds is 2. The zero-order valence-corrected chi connectivity index (χ0v) is 20.4. The van der Waals surface area contributed by atoms with E-state index in [9.17, 15) is 14.8 Å².